The van der Waals surface area contributed by atoms with Gasteiger partial charge in [-0.1, -0.05) is 6.07 Å². The van der Waals surface area contributed by atoms with Gasteiger partial charge in [0, 0.05) is 32.2 Å². The predicted molar refractivity (Wildman–Crippen MR) is 116 cm³/mol. The molecule has 0 spiro atoms. The van der Waals surface area contributed by atoms with Crippen molar-refractivity contribution in [1.82, 2.24) is 15.5 Å². The van der Waals surface area contributed by atoms with E-state index in [9.17, 15) is 4.79 Å². The number of aryl methyl sites for hydroxylation is 1. The van der Waals surface area contributed by atoms with Gasteiger partial charge in [0.1, 0.15) is 0 Å². The molecule has 1 aromatic carbocycles. The van der Waals surface area contributed by atoms with Crippen molar-refractivity contribution in [2.24, 2.45) is 10.7 Å². The van der Waals surface area contributed by atoms with Gasteiger partial charge in [0.05, 0.1) is 13.7 Å². The highest BCUT2D eigenvalue weighted by Gasteiger charge is 2.21. The van der Waals surface area contributed by atoms with Gasteiger partial charge in [-0.05, 0) is 57.2 Å². The molecule has 4 N–H and O–H groups in total. The Kier molecular flexibility index (Phi) is 9.40. The fourth-order valence-corrected chi connectivity index (χ4v) is 3.38. The van der Waals surface area contributed by atoms with Gasteiger partial charge in [0.25, 0.3) is 0 Å². The van der Waals surface area contributed by atoms with Crippen molar-refractivity contribution in [3.8, 4) is 11.5 Å². The molecule has 2 rings (SSSR count). The molecule has 0 radical (unpaired) electrons. The molecule has 1 heterocycles. The van der Waals surface area contributed by atoms with Crippen LogP contribution in [-0.2, 0) is 6.42 Å². The maximum atomic E-state index is 11.2. The number of carbonyl (C=O) groups is 1. The standard InChI is InChI=1S/C21H35N5O3/c1-4-23-21(25-17-10-13-26(14-11-17)20(22)27)24-12-6-7-16-8-9-18(28-3)19(15-16)29-5-2/h8-9,15,17H,4-7,10-14H2,1-3H3,(H2,22,27)(H2,23,24,25). The fourth-order valence-electron chi connectivity index (χ4n) is 3.38. The first-order chi connectivity index (χ1) is 14.1. The van der Waals surface area contributed by atoms with E-state index in [-0.39, 0.29) is 6.03 Å². The Morgan fingerprint density at radius 1 is 1.28 bits per heavy atom. The number of benzene rings is 1. The summed E-state index contributed by atoms with van der Waals surface area (Å²) >= 11 is 0. The van der Waals surface area contributed by atoms with Crippen molar-refractivity contribution in [2.45, 2.75) is 45.6 Å². The summed E-state index contributed by atoms with van der Waals surface area (Å²) < 4.78 is 11.0. The molecular weight excluding hydrogens is 370 g/mol. The molecule has 1 fully saturated rings. The number of hydrogen-bond acceptors (Lipinski definition) is 4. The van der Waals surface area contributed by atoms with E-state index < -0.39 is 0 Å². The van der Waals surface area contributed by atoms with Crippen LogP contribution >= 0.6 is 0 Å². The van der Waals surface area contributed by atoms with E-state index in [1.54, 1.807) is 12.0 Å². The van der Waals surface area contributed by atoms with Crippen molar-refractivity contribution in [3.63, 3.8) is 0 Å². The third-order valence-electron chi connectivity index (χ3n) is 4.91. The Bertz CT molecular complexity index is 672. The minimum absolute atomic E-state index is 0.304. The quantitative estimate of drug-likeness (QED) is 0.332. The number of piperidine rings is 1. The topological polar surface area (TPSA) is 101 Å². The van der Waals surface area contributed by atoms with Crippen LogP contribution in [-0.4, -0.2) is 62.8 Å². The Balaban J connectivity index is 1.83. The third-order valence-corrected chi connectivity index (χ3v) is 4.91. The number of urea groups is 1. The molecular formula is C21H35N5O3. The number of rotatable bonds is 9. The average molecular weight is 406 g/mol. The zero-order valence-electron chi connectivity index (χ0n) is 17.9. The number of methoxy groups -OCH3 is 1. The minimum Gasteiger partial charge on any atom is -0.493 e. The first-order valence-corrected chi connectivity index (χ1v) is 10.5. The van der Waals surface area contributed by atoms with Crippen LogP contribution in [0.2, 0.25) is 0 Å². The van der Waals surface area contributed by atoms with E-state index in [0.717, 1.165) is 56.2 Å². The lowest BCUT2D eigenvalue weighted by Crippen LogP contribution is -2.50. The first-order valence-electron chi connectivity index (χ1n) is 10.5. The lowest BCUT2D eigenvalue weighted by molar-refractivity contribution is 0.188. The van der Waals surface area contributed by atoms with Crippen molar-refractivity contribution < 1.29 is 14.3 Å². The average Bonchev–Trinajstić information content (AvgIpc) is 2.72. The van der Waals surface area contributed by atoms with Crippen LogP contribution in [0.15, 0.2) is 23.2 Å². The van der Waals surface area contributed by atoms with Crippen LogP contribution in [0.1, 0.15) is 38.7 Å². The molecule has 162 valence electrons. The van der Waals surface area contributed by atoms with Crippen LogP contribution in [0, 0.1) is 0 Å². The number of amides is 2. The molecule has 0 saturated carbocycles. The maximum absolute atomic E-state index is 11.2. The Hall–Kier alpha value is -2.64. The first kappa shape index (κ1) is 22.6. The Morgan fingerprint density at radius 3 is 2.66 bits per heavy atom. The van der Waals surface area contributed by atoms with E-state index in [2.05, 4.69) is 23.6 Å². The summed E-state index contributed by atoms with van der Waals surface area (Å²) in [6, 6.07) is 6.03. The Morgan fingerprint density at radius 2 is 2.03 bits per heavy atom. The van der Waals surface area contributed by atoms with E-state index in [0.29, 0.717) is 25.7 Å². The number of nitrogens with one attached hydrogen (secondary N) is 2. The number of primary amides is 1. The second-order valence-electron chi connectivity index (χ2n) is 7.03. The maximum Gasteiger partial charge on any atom is 0.314 e. The van der Waals surface area contributed by atoms with Gasteiger partial charge in [0.2, 0.25) is 0 Å². The molecule has 1 aliphatic heterocycles. The molecule has 0 bridgehead atoms. The molecule has 2 amide bonds. The fraction of sp³-hybridized carbons (Fsp3) is 0.619. The zero-order valence-corrected chi connectivity index (χ0v) is 17.9. The van der Waals surface area contributed by atoms with Gasteiger partial charge in [0.15, 0.2) is 17.5 Å². The van der Waals surface area contributed by atoms with Crippen LogP contribution in [0.3, 0.4) is 0 Å². The summed E-state index contributed by atoms with van der Waals surface area (Å²) in [7, 11) is 1.65. The number of likely N-dealkylation sites (tertiary alicyclic amines) is 1. The van der Waals surface area contributed by atoms with Gasteiger partial charge >= 0.3 is 6.03 Å². The molecule has 29 heavy (non-hydrogen) atoms. The SMILES string of the molecule is CCNC(=NCCCc1ccc(OC)c(OCC)c1)NC1CCN(C(N)=O)CC1. The second kappa shape index (κ2) is 12.0. The summed E-state index contributed by atoms with van der Waals surface area (Å²) in [4.78, 5) is 17.6. The lowest BCUT2D eigenvalue weighted by Gasteiger charge is -2.32. The number of nitrogens with zero attached hydrogens (tertiary/aromatic N) is 2. The predicted octanol–water partition coefficient (Wildman–Crippen LogP) is 2.12. The van der Waals surface area contributed by atoms with Crippen molar-refractivity contribution in [1.29, 1.82) is 0 Å². The van der Waals surface area contributed by atoms with Crippen LogP contribution < -0.4 is 25.8 Å². The van der Waals surface area contributed by atoms with Gasteiger partial charge in [-0.25, -0.2) is 4.79 Å². The summed E-state index contributed by atoms with van der Waals surface area (Å²) in [5, 5.41) is 6.78. The van der Waals surface area contributed by atoms with Gasteiger partial charge in [-0.3, -0.25) is 4.99 Å². The summed E-state index contributed by atoms with van der Waals surface area (Å²) in [5.41, 5.74) is 6.56. The zero-order chi connectivity index (χ0) is 21.1. The van der Waals surface area contributed by atoms with Crippen LogP contribution in [0.5, 0.6) is 11.5 Å². The third kappa shape index (κ3) is 7.36. The van der Waals surface area contributed by atoms with Gasteiger partial charge in [-0.15, -0.1) is 0 Å². The number of guanidine groups is 1. The number of nitrogens with two attached hydrogens (primary N) is 1. The molecule has 1 aliphatic rings. The molecule has 1 saturated heterocycles. The molecule has 0 aliphatic carbocycles. The summed E-state index contributed by atoms with van der Waals surface area (Å²) in [6.07, 6.45) is 3.61. The monoisotopic (exact) mass is 405 g/mol. The Labute approximate surface area is 173 Å². The summed E-state index contributed by atoms with van der Waals surface area (Å²) in [6.45, 7) is 7.54. The molecule has 0 unspecified atom stereocenters. The van der Waals surface area contributed by atoms with Gasteiger partial charge in [-0.2, -0.15) is 0 Å². The molecule has 8 nitrogen and oxygen atoms in total. The molecule has 8 heteroatoms. The van der Waals surface area contributed by atoms with Crippen LogP contribution in [0.25, 0.3) is 0 Å². The summed E-state index contributed by atoms with van der Waals surface area (Å²) in [5.74, 6) is 2.37. The normalized spacial score (nSPS) is 15.1. The van der Waals surface area contributed by atoms with E-state index >= 15 is 0 Å². The highest BCUT2D eigenvalue weighted by Crippen LogP contribution is 2.28. The smallest absolute Gasteiger partial charge is 0.314 e. The highest BCUT2D eigenvalue weighted by molar-refractivity contribution is 5.80. The largest absolute Gasteiger partial charge is 0.493 e. The lowest BCUT2D eigenvalue weighted by atomic mass is 10.1. The van der Waals surface area contributed by atoms with E-state index in [1.807, 2.05) is 19.1 Å². The van der Waals surface area contributed by atoms with E-state index in [1.165, 1.54) is 5.56 Å². The van der Waals surface area contributed by atoms with Crippen LogP contribution in [0.4, 0.5) is 4.79 Å². The minimum atomic E-state index is -0.338. The molecule has 0 aromatic heterocycles. The number of carbonyl (C=O) groups excluding carboxylic acids is 1. The van der Waals surface area contributed by atoms with Crippen molar-refractivity contribution in [3.05, 3.63) is 23.8 Å². The van der Waals surface area contributed by atoms with Gasteiger partial charge < -0.3 is 30.7 Å². The number of aliphatic imine (C=N–C) groups is 1. The van der Waals surface area contributed by atoms with Crippen molar-refractivity contribution in [2.75, 3.05) is 39.9 Å². The second-order valence-corrected chi connectivity index (χ2v) is 7.03. The van der Waals surface area contributed by atoms with E-state index in [4.69, 9.17) is 20.2 Å². The van der Waals surface area contributed by atoms with Crippen molar-refractivity contribution >= 4 is 12.0 Å². The molecule has 0 atom stereocenters. The molecule has 1 aromatic rings. The highest BCUT2D eigenvalue weighted by atomic mass is 16.5. The number of hydrogen-bond donors (Lipinski definition) is 3. The number of ether oxygens (including phenoxy) is 2.